The highest BCUT2D eigenvalue weighted by molar-refractivity contribution is 6.00. The SMILES string of the molecule is COC(=O)CCn1c(C)cc(C(=O)COC(=O)CNC(=O)c2ccc(F)cc2)c1C. The van der Waals surface area contributed by atoms with E-state index in [1.165, 1.54) is 19.2 Å². The van der Waals surface area contributed by atoms with Crippen molar-refractivity contribution >= 4 is 23.6 Å². The largest absolute Gasteiger partial charge is 0.469 e. The van der Waals surface area contributed by atoms with Crippen LogP contribution in [0.2, 0.25) is 0 Å². The Bertz CT molecular complexity index is 949. The number of hydrogen-bond donors (Lipinski definition) is 1. The Kier molecular flexibility index (Phi) is 7.85. The normalized spacial score (nSPS) is 10.4. The molecule has 1 heterocycles. The molecule has 0 radical (unpaired) electrons. The molecular weight excluding hydrogens is 395 g/mol. The number of rotatable bonds is 9. The Hall–Kier alpha value is -3.49. The predicted octanol–water partition coefficient (Wildman–Crippen LogP) is 1.96. The second kappa shape index (κ2) is 10.3. The molecule has 0 saturated carbocycles. The Morgan fingerprint density at radius 2 is 1.73 bits per heavy atom. The monoisotopic (exact) mass is 418 g/mol. The third kappa shape index (κ3) is 6.00. The van der Waals surface area contributed by atoms with Crippen molar-refractivity contribution in [3.8, 4) is 0 Å². The van der Waals surface area contributed by atoms with Crippen LogP contribution in [0.15, 0.2) is 30.3 Å². The summed E-state index contributed by atoms with van der Waals surface area (Å²) >= 11 is 0. The fourth-order valence-corrected chi connectivity index (χ4v) is 2.86. The maximum absolute atomic E-state index is 12.9. The fraction of sp³-hybridized carbons (Fsp3) is 0.333. The lowest BCUT2D eigenvalue weighted by atomic mass is 10.1. The molecule has 0 saturated heterocycles. The number of ketones is 1. The van der Waals surface area contributed by atoms with E-state index < -0.39 is 36.6 Å². The molecule has 0 spiro atoms. The molecule has 1 aromatic heterocycles. The number of nitrogens with zero attached hydrogens (tertiary/aromatic N) is 1. The van der Waals surface area contributed by atoms with E-state index in [0.717, 1.165) is 17.8 Å². The number of carbonyl (C=O) groups excluding carboxylic acids is 4. The summed E-state index contributed by atoms with van der Waals surface area (Å²) in [5.41, 5.74) is 2.03. The third-order valence-electron chi connectivity index (χ3n) is 4.51. The molecule has 1 aromatic carbocycles. The molecule has 1 amide bonds. The van der Waals surface area contributed by atoms with E-state index in [2.05, 4.69) is 10.1 Å². The highest BCUT2D eigenvalue weighted by Gasteiger charge is 2.18. The fourth-order valence-electron chi connectivity index (χ4n) is 2.86. The van der Waals surface area contributed by atoms with Gasteiger partial charge in [0.1, 0.15) is 12.4 Å². The van der Waals surface area contributed by atoms with Gasteiger partial charge in [-0.1, -0.05) is 0 Å². The molecule has 160 valence electrons. The summed E-state index contributed by atoms with van der Waals surface area (Å²) in [4.78, 5) is 47.5. The number of nitrogens with one attached hydrogen (secondary N) is 1. The number of aromatic nitrogens is 1. The average Bonchev–Trinajstić information content (AvgIpc) is 3.02. The highest BCUT2D eigenvalue weighted by Crippen LogP contribution is 2.16. The van der Waals surface area contributed by atoms with Crippen LogP contribution in [0.1, 0.15) is 38.5 Å². The van der Waals surface area contributed by atoms with Gasteiger partial charge in [-0.05, 0) is 44.2 Å². The van der Waals surface area contributed by atoms with Crippen LogP contribution in [-0.2, 0) is 25.6 Å². The zero-order valence-corrected chi connectivity index (χ0v) is 17.0. The van der Waals surface area contributed by atoms with Crippen molar-refractivity contribution in [2.24, 2.45) is 0 Å². The zero-order chi connectivity index (χ0) is 22.3. The number of hydrogen-bond acceptors (Lipinski definition) is 6. The van der Waals surface area contributed by atoms with Crippen molar-refractivity contribution < 1.29 is 33.0 Å². The van der Waals surface area contributed by atoms with Crippen molar-refractivity contribution in [1.29, 1.82) is 0 Å². The summed E-state index contributed by atoms with van der Waals surface area (Å²) in [5, 5.41) is 2.34. The van der Waals surface area contributed by atoms with Gasteiger partial charge in [0.05, 0.1) is 13.5 Å². The van der Waals surface area contributed by atoms with Gasteiger partial charge in [-0.2, -0.15) is 0 Å². The smallest absolute Gasteiger partial charge is 0.325 e. The van der Waals surface area contributed by atoms with E-state index in [-0.39, 0.29) is 18.0 Å². The van der Waals surface area contributed by atoms with E-state index in [9.17, 15) is 23.6 Å². The van der Waals surface area contributed by atoms with E-state index in [4.69, 9.17) is 4.74 Å². The molecule has 2 rings (SSSR count). The Balaban J connectivity index is 1.86. The first-order valence-electron chi connectivity index (χ1n) is 9.19. The van der Waals surface area contributed by atoms with Crippen LogP contribution in [0.4, 0.5) is 4.39 Å². The first-order chi connectivity index (χ1) is 14.2. The first kappa shape index (κ1) is 22.8. The van der Waals surface area contributed by atoms with Crippen molar-refractivity contribution in [1.82, 2.24) is 9.88 Å². The van der Waals surface area contributed by atoms with Crippen LogP contribution in [0, 0.1) is 19.7 Å². The number of esters is 2. The zero-order valence-electron chi connectivity index (χ0n) is 17.0. The van der Waals surface area contributed by atoms with Gasteiger partial charge in [0.25, 0.3) is 5.91 Å². The minimum Gasteiger partial charge on any atom is -0.469 e. The van der Waals surface area contributed by atoms with E-state index in [1.807, 2.05) is 4.57 Å². The van der Waals surface area contributed by atoms with Gasteiger partial charge >= 0.3 is 11.9 Å². The average molecular weight is 418 g/mol. The first-order valence-corrected chi connectivity index (χ1v) is 9.19. The van der Waals surface area contributed by atoms with Gasteiger partial charge in [-0.3, -0.25) is 19.2 Å². The number of ether oxygens (including phenoxy) is 2. The molecule has 0 aliphatic carbocycles. The lowest BCUT2D eigenvalue weighted by Gasteiger charge is -2.09. The minimum absolute atomic E-state index is 0.170. The predicted molar refractivity (Wildman–Crippen MR) is 105 cm³/mol. The number of Topliss-reactive ketones (excluding diaryl/α,β-unsaturated/α-hetero) is 1. The lowest BCUT2D eigenvalue weighted by Crippen LogP contribution is -2.31. The van der Waals surface area contributed by atoms with Gasteiger partial charge in [0, 0.05) is 29.1 Å². The number of methoxy groups -OCH3 is 1. The standard InChI is InChI=1S/C21H23FN2O6/c1-13-10-17(14(2)24(13)9-8-19(26)29-3)18(25)12-30-20(27)11-23-21(28)15-4-6-16(22)7-5-15/h4-7,10H,8-9,11-12H2,1-3H3,(H,23,28). The molecule has 0 aliphatic rings. The van der Waals surface area contributed by atoms with Crippen molar-refractivity contribution in [3.63, 3.8) is 0 Å². The van der Waals surface area contributed by atoms with Crippen LogP contribution in [-0.4, -0.2) is 48.5 Å². The van der Waals surface area contributed by atoms with Crippen LogP contribution in [0.5, 0.6) is 0 Å². The molecule has 0 unspecified atom stereocenters. The van der Waals surface area contributed by atoms with Gasteiger partial charge in [0.2, 0.25) is 5.78 Å². The number of carbonyl (C=O) groups is 4. The van der Waals surface area contributed by atoms with Crippen molar-refractivity contribution in [2.75, 3.05) is 20.3 Å². The van der Waals surface area contributed by atoms with Gasteiger partial charge in [-0.25, -0.2) is 4.39 Å². The Morgan fingerprint density at radius 1 is 1.07 bits per heavy atom. The molecule has 1 N–H and O–H groups in total. The topological polar surface area (TPSA) is 104 Å². The minimum atomic E-state index is -0.779. The van der Waals surface area contributed by atoms with E-state index in [0.29, 0.717) is 17.8 Å². The van der Waals surface area contributed by atoms with Crippen LogP contribution >= 0.6 is 0 Å². The summed E-state index contributed by atoms with van der Waals surface area (Å²) in [6, 6.07) is 6.51. The van der Waals surface area contributed by atoms with Gasteiger partial charge in [-0.15, -0.1) is 0 Å². The number of aryl methyl sites for hydroxylation is 1. The number of amides is 1. The van der Waals surface area contributed by atoms with Crippen LogP contribution < -0.4 is 5.32 Å². The molecule has 2 aromatic rings. The summed E-state index contributed by atoms with van der Waals surface area (Å²) in [6.07, 6.45) is 0.170. The summed E-state index contributed by atoms with van der Waals surface area (Å²) in [7, 11) is 1.31. The van der Waals surface area contributed by atoms with Crippen molar-refractivity contribution in [2.45, 2.75) is 26.8 Å². The summed E-state index contributed by atoms with van der Waals surface area (Å²) in [5.74, 6) is -2.57. The van der Waals surface area contributed by atoms with Crippen LogP contribution in [0.3, 0.4) is 0 Å². The van der Waals surface area contributed by atoms with E-state index in [1.54, 1.807) is 19.9 Å². The van der Waals surface area contributed by atoms with Crippen molar-refractivity contribution in [3.05, 3.63) is 58.7 Å². The molecule has 9 heteroatoms. The third-order valence-corrected chi connectivity index (χ3v) is 4.51. The van der Waals surface area contributed by atoms with E-state index >= 15 is 0 Å². The summed E-state index contributed by atoms with van der Waals surface area (Å²) in [6.45, 7) is 3.00. The quantitative estimate of drug-likeness (QED) is 0.493. The maximum atomic E-state index is 12.9. The molecule has 0 bridgehead atoms. The summed E-state index contributed by atoms with van der Waals surface area (Å²) < 4.78 is 24.2. The molecule has 30 heavy (non-hydrogen) atoms. The second-order valence-electron chi connectivity index (χ2n) is 6.54. The van der Waals surface area contributed by atoms with Gasteiger partial charge < -0.3 is 19.4 Å². The molecule has 8 nitrogen and oxygen atoms in total. The number of benzene rings is 1. The maximum Gasteiger partial charge on any atom is 0.325 e. The Morgan fingerprint density at radius 3 is 2.37 bits per heavy atom. The number of halogens is 1. The molecule has 0 aliphatic heterocycles. The second-order valence-corrected chi connectivity index (χ2v) is 6.54. The molecular formula is C21H23FN2O6. The Labute approximate surface area is 173 Å². The lowest BCUT2D eigenvalue weighted by molar-refractivity contribution is -0.141. The van der Waals surface area contributed by atoms with Crippen LogP contribution in [0.25, 0.3) is 0 Å². The molecule has 0 fully saturated rings. The van der Waals surface area contributed by atoms with Gasteiger partial charge in [0.15, 0.2) is 6.61 Å². The molecule has 0 atom stereocenters. The highest BCUT2D eigenvalue weighted by atomic mass is 19.1.